The monoisotopic (exact) mass is 1360 g/mol. The van der Waals surface area contributed by atoms with E-state index in [2.05, 4.69) is 32.9 Å². The minimum atomic E-state index is -5.69. The topological polar surface area (TPSA) is 374 Å². The minimum Gasteiger partial charge on any atom is -0.463 e. The van der Waals surface area contributed by atoms with Crippen molar-refractivity contribution < 1.29 is 117 Å². The molecule has 0 amide bonds. The van der Waals surface area contributed by atoms with E-state index in [1.165, 1.54) is 96.3 Å². The molecule has 3 aliphatic rings. The largest absolute Gasteiger partial charge is 0.472 e. The molecule has 24 nitrogen and oxygen atoms in total. The van der Waals surface area contributed by atoms with E-state index in [9.17, 15) is 74.9 Å². The molecule has 546 valence electrons. The maximum Gasteiger partial charge on any atom is 0.472 e. The number of aliphatic hydroxyl groups is 10. The number of unbranched alkanes of at least 4 members (excludes halogenated alkanes) is 32. The van der Waals surface area contributed by atoms with E-state index in [1.807, 2.05) is 0 Å². The van der Waals surface area contributed by atoms with Crippen LogP contribution in [-0.2, 0) is 61.2 Å². The summed E-state index contributed by atoms with van der Waals surface area (Å²) < 4.78 is 64.8. The second-order valence-electron chi connectivity index (χ2n) is 26.0. The van der Waals surface area contributed by atoms with Crippen molar-refractivity contribution >= 4 is 25.7 Å². The van der Waals surface area contributed by atoms with Gasteiger partial charge in [-0.1, -0.05) is 219 Å². The average Bonchev–Trinajstić information content (AvgIpc) is 0.784. The first-order chi connectivity index (χ1) is 44.8. The number of ether oxygens (including phenoxy) is 7. The van der Waals surface area contributed by atoms with Crippen LogP contribution in [0.1, 0.15) is 271 Å². The number of phosphoric acid groups is 1. The van der Waals surface area contributed by atoms with Crippen molar-refractivity contribution in [3.05, 3.63) is 12.2 Å². The lowest BCUT2D eigenvalue weighted by Gasteiger charge is -2.49. The van der Waals surface area contributed by atoms with E-state index in [0.29, 0.717) is 19.3 Å². The van der Waals surface area contributed by atoms with Gasteiger partial charge in [0.1, 0.15) is 98.7 Å². The molecule has 0 bridgehead atoms. The van der Waals surface area contributed by atoms with Gasteiger partial charge in [0.05, 0.1) is 13.2 Å². The maximum atomic E-state index is 14.3. The van der Waals surface area contributed by atoms with Gasteiger partial charge in [0.15, 0.2) is 18.7 Å². The molecule has 3 rings (SSSR count). The number of aliphatic hydroxyl groups excluding tert-OH is 10. The SMILES string of the molecule is CCCCCC/C=C\CCCCCCCCCC(=O)OCC(COP(=O)(O)OC1C(OC2OC(CO)C(O)C(O)C2O)C(O)C(O)C(O)C1OC1OC(COC(=O)CCCCCCCCCCCCC)C(O)C(O)C1O)OC(=O)CCCCCCCCCCCCCC. The maximum absolute atomic E-state index is 14.3. The number of hydrogen-bond acceptors (Lipinski definition) is 23. The number of allylic oxidation sites excluding steroid dienone is 2. The summed E-state index contributed by atoms with van der Waals surface area (Å²) in [6.07, 6.45) is 7.36. The van der Waals surface area contributed by atoms with Crippen molar-refractivity contribution in [2.75, 3.05) is 26.4 Å². The molecule has 1 saturated carbocycles. The highest BCUT2D eigenvalue weighted by molar-refractivity contribution is 7.47. The summed E-state index contributed by atoms with van der Waals surface area (Å²) in [6, 6.07) is 0. The highest BCUT2D eigenvalue weighted by Gasteiger charge is 2.58. The van der Waals surface area contributed by atoms with Gasteiger partial charge in [0.25, 0.3) is 0 Å². The zero-order valence-electron chi connectivity index (χ0n) is 56.5. The summed E-state index contributed by atoms with van der Waals surface area (Å²) in [5.41, 5.74) is 0. The third-order valence-corrected chi connectivity index (χ3v) is 18.8. The second kappa shape index (κ2) is 50.9. The molecule has 0 spiro atoms. The molecule has 93 heavy (non-hydrogen) atoms. The Morgan fingerprint density at radius 1 is 0.409 bits per heavy atom. The average molecular weight is 1360 g/mol. The quantitative estimate of drug-likeness (QED) is 0.00890. The molecule has 3 fully saturated rings. The van der Waals surface area contributed by atoms with Crippen LogP contribution >= 0.6 is 7.82 Å². The van der Waals surface area contributed by atoms with Gasteiger partial charge < -0.3 is 89.1 Å². The third kappa shape index (κ3) is 34.9. The zero-order valence-corrected chi connectivity index (χ0v) is 57.4. The Morgan fingerprint density at radius 2 is 0.753 bits per heavy atom. The highest BCUT2D eigenvalue weighted by Crippen LogP contribution is 2.49. The van der Waals surface area contributed by atoms with Crippen LogP contribution in [0, 0.1) is 0 Å². The second-order valence-corrected chi connectivity index (χ2v) is 27.4. The molecular weight excluding hydrogens is 1230 g/mol. The standard InChI is InChI=1S/C68H125O24P/c1-4-7-10-13-16-19-22-24-25-26-29-31-33-36-39-42-52(70)84-46-49(87-54(72)44-41-38-35-32-28-23-20-17-14-11-8-5-2)47-86-93(82,83)92-66-64(90-67-62(80)57(75)55(73)50(45-69)88-67)60(78)59(77)61(79)65(66)91-68-63(81)58(76)56(74)51(89-68)48-85-53(71)43-40-37-34-30-27-21-18-15-12-9-6-3/h19,22,49-51,55-69,73-81H,4-18,20-21,23-48H2,1-3H3,(H,82,83)/b22-19-. The lowest BCUT2D eigenvalue weighted by Crippen LogP contribution is -2.69. The molecule has 18 atom stereocenters. The number of hydrogen-bond donors (Lipinski definition) is 11. The van der Waals surface area contributed by atoms with Crippen LogP contribution in [0.2, 0.25) is 0 Å². The number of phosphoric ester groups is 1. The molecule has 0 aromatic heterocycles. The fraction of sp³-hybridized carbons (Fsp3) is 0.926. The van der Waals surface area contributed by atoms with E-state index in [4.69, 9.17) is 42.2 Å². The van der Waals surface area contributed by atoms with E-state index < -0.39 is 156 Å². The molecule has 2 heterocycles. The zero-order chi connectivity index (χ0) is 68.2. The van der Waals surface area contributed by atoms with E-state index in [0.717, 1.165) is 116 Å². The number of rotatable bonds is 55. The van der Waals surface area contributed by atoms with Crippen LogP contribution in [-0.4, -0.2) is 204 Å². The van der Waals surface area contributed by atoms with E-state index >= 15 is 0 Å². The van der Waals surface area contributed by atoms with Crippen LogP contribution in [0.4, 0.5) is 0 Å². The first kappa shape index (κ1) is 84.9. The first-order valence-corrected chi connectivity index (χ1v) is 37.5. The van der Waals surface area contributed by atoms with Crippen molar-refractivity contribution in [3.63, 3.8) is 0 Å². The molecule has 25 heteroatoms. The van der Waals surface area contributed by atoms with Gasteiger partial charge in [-0.05, 0) is 44.9 Å². The number of esters is 3. The highest BCUT2D eigenvalue weighted by atomic mass is 31.2. The summed E-state index contributed by atoms with van der Waals surface area (Å²) in [6.45, 7) is 3.39. The first-order valence-electron chi connectivity index (χ1n) is 36.0. The fourth-order valence-electron chi connectivity index (χ4n) is 11.9. The lowest BCUT2D eigenvalue weighted by atomic mass is 9.84. The molecule has 18 unspecified atom stereocenters. The third-order valence-electron chi connectivity index (χ3n) is 17.8. The number of carbonyl (C=O) groups is 3. The van der Waals surface area contributed by atoms with E-state index in [-0.39, 0.29) is 19.3 Å². The molecule has 1 aliphatic carbocycles. The van der Waals surface area contributed by atoms with Crippen LogP contribution in [0.25, 0.3) is 0 Å². The molecule has 0 aromatic carbocycles. The van der Waals surface area contributed by atoms with Gasteiger partial charge in [0, 0.05) is 19.3 Å². The normalized spacial score (nSPS) is 28.5. The Labute approximate surface area is 554 Å². The predicted molar refractivity (Wildman–Crippen MR) is 347 cm³/mol. The fourth-order valence-corrected chi connectivity index (χ4v) is 12.8. The Hall–Kier alpha value is -2.30. The molecule has 0 aromatic rings. The van der Waals surface area contributed by atoms with Crippen molar-refractivity contribution in [3.8, 4) is 0 Å². The van der Waals surface area contributed by atoms with Crippen molar-refractivity contribution in [2.24, 2.45) is 0 Å². The van der Waals surface area contributed by atoms with Crippen LogP contribution in [0.15, 0.2) is 12.2 Å². The molecule has 0 radical (unpaired) electrons. The van der Waals surface area contributed by atoms with Gasteiger partial charge in [0.2, 0.25) is 0 Å². The Morgan fingerprint density at radius 3 is 1.17 bits per heavy atom. The number of carbonyl (C=O) groups excluding carboxylic acids is 3. The van der Waals surface area contributed by atoms with Crippen molar-refractivity contribution in [2.45, 2.75) is 375 Å². The molecular formula is C68H125O24P. The summed E-state index contributed by atoms with van der Waals surface area (Å²) in [5.74, 6) is -1.99. The van der Waals surface area contributed by atoms with Crippen LogP contribution in [0.3, 0.4) is 0 Å². The summed E-state index contributed by atoms with van der Waals surface area (Å²) in [7, 11) is -5.69. The minimum absolute atomic E-state index is 0.0315. The van der Waals surface area contributed by atoms with Crippen molar-refractivity contribution in [1.29, 1.82) is 0 Å². The summed E-state index contributed by atoms with van der Waals surface area (Å²) in [5, 5.41) is 110. The Bertz CT molecular complexity index is 1990. The molecule has 2 saturated heterocycles. The lowest BCUT2D eigenvalue weighted by molar-refractivity contribution is -0.360. The Balaban J connectivity index is 1.76. The van der Waals surface area contributed by atoms with Crippen LogP contribution < -0.4 is 0 Å². The molecule has 2 aliphatic heterocycles. The van der Waals surface area contributed by atoms with Gasteiger partial charge in [-0.2, -0.15) is 0 Å². The summed E-state index contributed by atoms with van der Waals surface area (Å²) >= 11 is 0. The van der Waals surface area contributed by atoms with Crippen molar-refractivity contribution in [1.82, 2.24) is 0 Å². The predicted octanol–water partition coefficient (Wildman–Crippen LogP) is 8.79. The van der Waals surface area contributed by atoms with Gasteiger partial charge >= 0.3 is 25.7 Å². The van der Waals surface area contributed by atoms with Gasteiger partial charge in [-0.3, -0.25) is 23.4 Å². The van der Waals surface area contributed by atoms with Crippen LogP contribution in [0.5, 0.6) is 0 Å². The Kier molecular flexibility index (Phi) is 46.5. The smallest absolute Gasteiger partial charge is 0.463 e. The van der Waals surface area contributed by atoms with Gasteiger partial charge in [-0.25, -0.2) is 4.57 Å². The van der Waals surface area contributed by atoms with Gasteiger partial charge in [-0.15, -0.1) is 0 Å². The summed E-state index contributed by atoms with van der Waals surface area (Å²) in [4.78, 5) is 50.8. The molecule has 11 N–H and O–H groups in total. The van der Waals surface area contributed by atoms with E-state index in [1.54, 1.807) is 0 Å².